The highest BCUT2D eigenvalue weighted by molar-refractivity contribution is 6.48. The molecule has 0 aliphatic carbocycles. The van der Waals surface area contributed by atoms with Crippen LogP contribution in [0, 0.1) is 0 Å². The molecule has 15 heteroatoms. The Kier molecular flexibility index (Phi) is 9.35. The van der Waals surface area contributed by atoms with Gasteiger partial charge in [-0.15, -0.1) is 0 Å². The molecule has 1 heterocycles. The Morgan fingerprint density at radius 1 is 1.00 bits per heavy atom. The van der Waals surface area contributed by atoms with Crippen LogP contribution >= 0.6 is 34.8 Å². The zero-order valence-electron chi connectivity index (χ0n) is 19.5. The van der Waals surface area contributed by atoms with Crippen LogP contribution in [0.25, 0.3) is 5.83 Å². The SMILES string of the molecule is CCc1cnc(NNC(=O)c2ccc(C(F)=CC(c3cc(Cl)c(Cl)c(Cl)c3)C(F)(F)F)cc2C(F)(F)F)nc1. The quantitative estimate of drug-likeness (QED) is 0.159. The van der Waals surface area contributed by atoms with Gasteiger partial charge in [0.2, 0.25) is 5.95 Å². The van der Waals surface area contributed by atoms with Crippen LogP contribution in [0.5, 0.6) is 0 Å². The number of rotatable bonds is 7. The molecule has 0 saturated heterocycles. The van der Waals surface area contributed by atoms with E-state index in [9.17, 15) is 35.5 Å². The number of nitrogens with one attached hydrogen (secondary N) is 2. The number of alkyl halides is 6. The second-order valence-electron chi connectivity index (χ2n) is 7.94. The molecule has 0 saturated carbocycles. The molecule has 3 rings (SSSR count). The van der Waals surface area contributed by atoms with Crippen molar-refractivity contribution in [3.63, 3.8) is 0 Å². The van der Waals surface area contributed by atoms with Gasteiger partial charge in [0.1, 0.15) is 11.7 Å². The van der Waals surface area contributed by atoms with Crippen LogP contribution in [0.2, 0.25) is 15.1 Å². The molecular formula is C24H16Cl3F7N4O. The summed E-state index contributed by atoms with van der Waals surface area (Å²) < 4.78 is 97.6. The first-order valence-corrected chi connectivity index (χ1v) is 11.9. The van der Waals surface area contributed by atoms with Gasteiger partial charge in [-0.05, 0) is 47.9 Å². The Bertz CT molecular complexity index is 1370. The Labute approximate surface area is 232 Å². The van der Waals surface area contributed by atoms with Gasteiger partial charge in [-0.25, -0.2) is 14.4 Å². The molecule has 1 aromatic heterocycles. The van der Waals surface area contributed by atoms with E-state index in [0.29, 0.717) is 12.5 Å². The normalized spacial score (nSPS) is 13.3. The second kappa shape index (κ2) is 12.0. The van der Waals surface area contributed by atoms with Gasteiger partial charge < -0.3 is 0 Å². The van der Waals surface area contributed by atoms with Crippen molar-refractivity contribution in [3.05, 3.63) is 91.7 Å². The van der Waals surface area contributed by atoms with Crippen LogP contribution < -0.4 is 10.9 Å². The highest BCUT2D eigenvalue weighted by Crippen LogP contribution is 2.42. The smallest absolute Gasteiger partial charge is 0.267 e. The van der Waals surface area contributed by atoms with Crippen molar-refractivity contribution in [2.24, 2.45) is 0 Å². The van der Waals surface area contributed by atoms with Gasteiger partial charge in [0.25, 0.3) is 5.91 Å². The molecule has 1 amide bonds. The third-order valence-electron chi connectivity index (χ3n) is 5.28. The summed E-state index contributed by atoms with van der Waals surface area (Å²) in [4.78, 5) is 20.2. The maximum absolute atomic E-state index is 15.0. The fraction of sp³-hybridized carbons (Fsp3) is 0.208. The van der Waals surface area contributed by atoms with E-state index >= 15 is 0 Å². The number of hydrogen-bond donors (Lipinski definition) is 2. The molecule has 2 aromatic carbocycles. The van der Waals surface area contributed by atoms with Crippen molar-refractivity contribution in [2.45, 2.75) is 31.6 Å². The molecule has 5 nitrogen and oxygen atoms in total. The minimum absolute atomic E-state index is 0.0734. The summed E-state index contributed by atoms with van der Waals surface area (Å²) in [6.07, 6.45) is -6.66. The number of halogens is 10. The summed E-state index contributed by atoms with van der Waals surface area (Å²) in [5.74, 6) is -5.66. The molecule has 0 aliphatic heterocycles. The standard InChI is InChI=1S/C24H16Cl3F7N4O/c1-2-11-9-35-22(36-10-11)38-37-21(39)14-4-3-12(5-16(14)24(32,33)34)19(28)8-15(23(29,30)31)13-6-17(25)20(27)18(26)7-13/h3-10,15H,2H2,1H3,(H,37,39)(H,35,36,38). The molecule has 0 bridgehead atoms. The first-order valence-electron chi connectivity index (χ1n) is 10.8. The summed E-state index contributed by atoms with van der Waals surface area (Å²) in [7, 11) is 0. The highest BCUT2D eigenvalue weighted by Gasteiger charge is 2.41. The molecule has 1 unspecified atom stereocenters. The van der Waals surface area contributed by atoms with E-state index in [0.717, 1.165) is 23.8 Å². The van der Waals surface area contributed by atoms with Crippen LogP contribution in [0.15, 0.2) is 48.8 Å². The molecule has 208 valence electrons. The van der Waals surface area contributed by atoms with Gasteiger partial charge in [0, 0.05) is 18.0 Å². The number of hydrazine groups is 1. The monoisotopic (exact) mass is 614 g/mol. The molecule has 0 aliphatic rings. The molecule has 3 aromatic rings. The minimum atomic E-state index is -5.16. The van der Waals surface area contributed by atoms with Gasteiger partial charge in [-0.2, -0.15) is 26.3 Å². The van der Waals surface area contributed by atoms with E-state index in [-0.39, 0.29) is 33.2 Å². The number of aryl methyl sites for hydroxylation is 1. The van der Waals surface area contributed by atoms with Crippen molar-refractivity contribution < 1.29 is 35.5 Å². The summed E-state index contributed by atoms with van der Waals surface area (Å²) in [5.41, 5.74) is 1.05. The number of allylic oxidation sites excluding steroid dienone is 1. The average molecular weight is 616 g/mol. The summed E-state index contributed by atoms with van der Waals surface area (Å²) >= 11 is 17.3. The lowest BCUT2D eigenvalue weighted by Gasteiger charge is -2.19. The van der Waals surface area contributed by atoms with E-state index < -0.39 is 52.3 Å². The first-order chi connectivity index (χ1) is 18.1. The van der Waals surface area contributed by atoms with Gasteiger partial charge in [0.05, 0.1) is 26.2 Å². The molecule has 0 fully saturated rings. The predicted molar refractivity (Wildman–Crippen MR) is 133 cm³/mol. The largest absolute Gasteiger partial charge is 0.417 e. The number of anilines is 1. The number of amides is 1. The van der Waals surface area contributed by atoms with E-state index in [1.807, 2.05) is 12.3 Å². The van der Waals surface area contributed by atoms with Gasteiger partial charge in [-0.1, -0.05) is 47.8 Å². The zero-order valence-corrected chi connectivity index (χ0v) is 21.8. The lowest BCUT2D eigenvalue weighted by atomic mass is 9.95. The number of hydrogen-bond acceptors (Lipinski definition) is 4. The van der Waals surface area contributed by atoms with Gasteiger partial charge >= 0.3 is 12.4 Å². The Morgan fingerprint density at radius 3 is 2.10 bits per heavy atom. The first kappa shape index (κ1) is 30.5. The fourth-order valence-corrected chi connectivity index (χ4v) is 3.90. The molecule has 0 radical (unpaired) electrons. The number of benzene rings is 2. The van der Waals surface area contributed by atoms with Crippen molar-refractivity contribution in [1.29, 1.82) is 0 Å². The number of carbonyl (C=O) groups is 1. The number of nitrogens with zero attached hydrogens (tertiary/aromatic N) is 2. The Morgan fingerprint density at radius 2 is 1.59 bits per heavy atom. The topological polar surface area (TPSA) is 66.9 Å². The molecular weight excluding hydrogens is 600 g/mol. The Balaban J connectivity index is 1.95. The molecule has 1 atom stereocenters. The number of aromatic nitrogens is 2. The lowest BCUT2D eigenvalue weighted by molar-refractivity contribution is -0.140. The Hall–Kier alpha value is -3.09. The van der Waals surface area contributed by atoms with Crippen molar-refractivity contribution in [2.75, 3.05) is 5.43 Å². The van der Waals surface area contributed by atoms with E-state index in [1.54, 1.807) is 0 Å². The lowest BCUT2D eigenvalue weighted by Crippen LogP contribution is -2.32. The molecule has 39 heavy (non-hydrogen) atoms. The van der Waals surface area contributed by atoms with Crippen LogP contribution in [0.4, 0.5) is 36.7 Å². The summed E-state index contributed by atoms with van der Waals surface area (Å²) in [5, 5.41) is -0.898. The summed E-state index contributed by atoms with van der Waals surface area (Å²) in [6, 6.07) is 3.22. The second-order valence-corrected chi connectivity index (χ2v) is 9.13. The zero-order chi connectivity index (χ0) is 29.1. The highest BCUT2D eigenvalue weighted by atomic mass is 35.5. The van der Waals surface area contributed by atoms with Crippen LogP contribution in [-0.4, -0.2) is 22.1 Å². The third kappa shape index (κ3) is 7.52. The molecule has 2 N–H and O–H groups in total. The van der Waals surface area contributed by atoms with Crippen LogP contribution in [0.3, 0.4) is 0 Å². The number of carbonyl (C=O) groups excluding carboxylic acids is 1. The maximum Gasteiger partial charge on any atom is 0.417 e. The average Bonchev–Trinajstić information content (AvgIpc) is 2.87. The van der Waals surface area contributed by atoms with Crippen molar-refractivity contribution in [3.8, 4) is 0 Å². The third-order valence-corrected chi connectivity index (χ3v) is 6.47. The maximum atomic E-state index is 15.0. The fourth-order valence-electron chi connectivity index (χ4n) is 3.28. The minimum Gasteiger partial charge on any atom is -0.267 e. The van der Waals surface area contributed by atoms with Crippen LogP contribution in [0.1, 0.15) is 45.5 Å². The predicted octanol–water partition coefficient (Wildman–Crippen LogP) is 8.43. The van der Waals surface area contributed by atoms with Gasteiger partial charge in [-0.3, -0.25) is 15.6 Å². The van der Waals surface area contributed by atoms with Crippen molar-refractivity contribution >= 4 is 52.5 Å². The van der Waals surface area contributed by atoms with E-state index in [4.69, 9.17) is 34.8 Å². The van der Waals surface area contributed by atoms with E-state index in [1.165, 1.54) is 12.4 Å². The van der Waals surface area contributed by atoms with Crippen LogP contribution in [-0.2, 0) is 12.6 Å². The van der Waals surface area contributed by atoms with Gasteiger partial charge in [0.15, 0.2) is 0 Å². The molecule has 0 spiro atoms. The van der Waals surface area contributed by atoms with E-state index in [2.05, 4.69) is 15.4 Å². The van der Waals surface area contributed by atoms with Crippen molar-refractivity contribution in [1.82, 2.24) is 15.4 Å². The summed E-state index contributed by atoms with van der Waals surface area (Å²) in [6.45, 7) is 1.85.